The summed E-state index contributed by atoms with van der Waals surface area (Å²) in [4.78, 5) is 0. The number of nitrogens with zero attached hydrogens (tertiary/aromatic N) is 4. The highest BCUT2D eigenvalue weighted by Crippen LogP contribution is 2.27. The van der Waals surface area contributed by atoms with Gasteiger partial charge in [0.25, 0.3) is 0 Å². The lowest BCUT2D eigenvalue weighted by Gasteiger charge is -2.14. The maximum Gasteiger partial charge on any atom is 0.138 e. The molecule has 0 spiro atoms. The minimum absolute atomic E-state index is 0.717. The van der Waals surface area contributed by atoms with Gasteiger partial charge in [-0.05, 0) is 28.4 Å². The lowest BCUT2D eigenvalue weighted by Crippen LogP contribution is -2.13. The highest BCUT2D eigenvalue weighted by atomic mass is 79.9. The van der Waals surface area contributed by atoms with E-state index in [0.29, 0.717) is 0 Å². The van der Waals surface area contributed by atoms with Crippen LogP contribution < -0.4 is 0 Å². The molecule has 2 aromatic heterocycles. The number of halogens is 1. The Bertz CT molecular complexity index is 486. The minimum Gasteiger partial charge on any atom is -0.380 e. The SMILES string of the molecule is CCCn1nccc1C(O)c1c(Br)cnn1C. The van der Waals surface area contributed by atoms with Crippen LogP contribution in [0.5, 0.6) is 0 Å². The molecule has 6 heteroatoms. The molecule has 92 valence electrons. The summed E-state index contributed by atoms with van der Waals surface area (Å²) in [5, 5.41) is 18.7. The molecule has 0 aliphatic rings. The fourth-order valence-electron chi connectivity index (χ4n) is 1.84. The third-order valence-corrected chi connectivity index (χ3v) is 3.27. The van der Waals surface area contributed by atoms with E-state index in [2.05, 4.69) is 33.1 Å². The van der Waals surface area contributed by atoms with Crippen LogP contribution in [0.15, 0.2) is 22.9 Å². The van der Waals surface area contributed by atoms with Crippen LogP contribution in [-0.4, -0.2) is 24.7 Å². The van der Waals surface area contributed by atoms with Crippen molar-refractivity contribution < 1.29 is 5.11 Å². The van der Waals surface area contributed by atoms with Gasteiger partial charge in [-0.2, -0.15) is 10.2 Å². The van der Waals surface area contributed by atoms with E-state index in [1.54, 1.807) is 17.1 Å². The summed E-state index contributed by atoms with van der Waals surface area (Å²) >= 11 is 3.39. The fraction of sp³-hybridized carbons (Fsp3) is 0.455. The zero-order chi connectivity index (χ0) is 12.4. The average Bonchev–Trinajstić information content (AvgIpc) is 2.86. The van der Waals surface area contributed by atoms with Crippen LogP contribution in [0.3, 0.4) is 0 Å². The Labute approximate surface area is 108 Å². The van der Waals surface area contributed by atoms with Crippen LogP contribution in [0.1, 0.15) is 30.8 Å². The number of rotatable bonds is 4. The molecule has 2 rings (SSSR count). The molecule has 0 saturated carbocycles. The third-order valence-electron chi connectivity index (χ3n) is 2.66. The van der Waals surface area contributed by atoms with Gasteiger partial charge in [-0.1, -0.05) is 6.92 Å². The van der Waals surface area contributed by atoms with Gasteiger partial charge < -0.3 is 5.11 Å². The van der Waals surface area contributed by atoms with Crippen LogP contribution in [0, 0.1) is 0 Å². The lowest BCUT2D eigenvalue weighted by molar-refractivity contribution is 0.196. The Morgan fingerprint density at radius 3 is 2.82 bits per heavy atom. The third kappa shape index (κ3) is 2.28. The van der Waals surface area contributed by atoms with Crippen molar-refractivity contribution in [3.63, 3.8) is 0 Å². The van der Waals surface area contributed by atoms with E-state index in [1.165, 1.54) is 0 Å². The zero-order valence-electron chi connectivity index (χ0n) is 9.84. The van der Waals surface area contributed by atoms with E-state index in [0.717, 1.165) is 28.8 Å². The van der Waals surface area contributed by atoms with Crippen molar-refractivity contribution in [2.75, 3.05) is 0 Å². The van der Waals surface area contributed by atoms with Crippen LogP contribution in [0.25, 0.3) is 0 Å². The average molecular weight is 299 g/mol. The number of aliphatic hydroxyl groups is 1. The maximum absolute atomic E-state index is 10.4. The highest BCUT2D eigenvalue weighted by molar-refractivity contribution is 9.10. The van der Waals surface area contributed by atoms with Crippen LogP contribution in [0.2, 0.25) is 0 Å². The molecule has 2 heterocycles. The van der Waals surface area contributed by atoms with Crippen LogP contribution in [0.4, 0.5) is 0 Å². The zero-order valence-corrected chi connectivity index (χ0v) is 11.4. The van der Waals surface area contributed by atoms with Gasteiger partial charge in [-0.15, -0.1) is 0 Å². The minimum atomic E-state index is -0.717. The Kier molecular flexibility index (Phi) is 3.63. The van der Waals surface area contributed by atoms with E-state index in [-0.39, 0.29) is 0 Å². The highest BCUT2D eigenvalue weighted by Gasteiger charge is 2.21. The summed E-state index contributed by atoms with van der Waals surface area (Å²) in [5.41, 5.74) is 1.53. The summed E-state index contributed by atoms with van der Waals surface area (Å²) in [6, 6.07) is 1.83. The largest absolute Gasteiger partial charge is 0.380 e. The molecule has 2 aromatic rings. The number of aliphatic hydroxyl groups excluding tert-OH is 1. The van der Waals surface area contributed by atoms with Crippen molar-refractivity contribution in [1.82, 2.24) is 19.6 Å². The molecule has 17 heavy (non-hydrogen) atoms. The first kappa shape index (κ1) is 12.3. The Morgan fingerprint density at radius 2 is 2.24 bits per heavy atom. The van der Waals surface area contributed by atoms with Gasteiger partial charge in [0.05, 0.1) is 22.1 Å². The standard InChI is InChI=1S/C11H15BrN4O/c1-3-6-16-9(4-5-13-16)11(17)10-8(12)7-14-15(10)2/h4-5,7,11,17H,3,6H2,1-2H3. The summed E-state index contributed by atoms with van der Waals surface area (Å²) in [5.74, 6) is 0. The fourth-order valence-corrected chi connectivity index (χ4v) is 2.41. The molecule has 0 fully saturated rings. The molecule has 5 nitrogen and oxygen atoms in total. The normalized spacial score (nSPS) is 12.9. The number of aromatic nitrogens is 4. The first-order valence-corrected chi connectivity index (χ1v) is 6.31. The summed E-state index contributed by atoms with van der Waals surface area (Å²) in [7, 11) is 1.81. The molecular formula is C11H15BrN4O. The van der Waals surface area contributed by atoms with Crippen molar-refractivity contribution in [3.8, 4) is 0 Å². The first-order chi connectivity index (χ1) is 8.15. The molecule has 1 unspecified atom stereocenters. The van der Waals surface area contributed by atoms with Crippen LogP contribution in [-0.2, 0) is 13.6 Å². The van der Waals surface area contributed by atoms with Gasteiger partial charge in [0.1, 0.15) is 6.10 Å². The van der Waals surface area contributed by atoms with E-state index < -0.39 is 6.10 Å². The molecule has 0 radical (unpaired) electrons. The second kappa shape index (κ2) is 5.01. The van der Waals surface area contributed by atoms with E-state index >= 15 is 0 Å². The predicted octanol–water partition coefficient (Wildman–Crippen LogP) is 1.87. The number of hydrogen-bond donors (Lipinski definition) is 1. The second-order valence-electron chi connectivity index (χ2n) is 3.88. The second-order valence-corrected chi connectivity index (χ2v) is 4.74. The number of aryl methyl sites for hydroxylation is 2. The lowest BCUT2D eigenvalue weighted by atomic mass is 10.2. The van der Waals surface area contributed by atoms with Crippen molar-refractivity contribution >= 4 is 15.9 Å². The molecule has 0 amide bonds. The molecule has 0 aliphatic heterocycles. The quantitative estimate of drug-likeness (QED) is 0.937. The van der Waals surface area contributed by atoms with E-state index in [9.17, 15) is 5.11 Å². The molecule has 0 saturated heterocycles. The Hall–Kier alpha value is -1.14. The molecule has 0 aromatic carbocycles. The monoisotopic (exact) mass is 298 g/mol. The molecule has 0 bridgehead atoms. The summed E-state index contributed by atoms with van der Waals surface area (Å²) in [6.45, 7) is 2.88. The van der Waals surface area contributed by atoms with Gasteiger partial charge in [0.15, 0.2) is 0 Å². The van der Waals surface area contributed by atoms with Crippen molar-refractivity contribution in [2.24, 2.45) is 7.05 Å². The van der Waals surface area contributed by atoms with Gasteiger partial charge in [0.2, 0.25) is 0 Å². The van der Waals surface area contributed by atoms with Crippen LogP contribution >= 0.6 is 15.9 Å². The molecule has 1 N–H and O–H groups in total. The van der Waals surface area contributed by atoms with Crippen molar-refractivity contribution in [3.05, 3.63) is 34.3 Å². The summed E-state index contributed by atoms with van der Waals surface area (Å²) in [6.07, 6.45) is 3.65. The van der Waals surface area contributed by atoms with E-state index in [1.807, 2.05) is 17.8 Å². The van der Waals surface area contributed by atoms with Crippen molar-refractivity contribution in [1.29, 1.82) is 0 Å². The molecule has 0 aliphatic carbocycles. The Balaban J connectivity index is 2.37. The predicted molar refractivity (Wildman–Crippen MR) is 67.5 cm³/mol. The van der Waals surface area contributed by atoms with Gasteiger partial charge in [0, 0.05) is 19.8 Å². The summed E-state index contributed by atoms with van der Waals surface area (Å²) < 4.78 is 4.29. The van der Waals surface area contributed by atoms with Crippen molar-refractivity contribution in [2.45, 2.75) is 26.0 Å². The van der Waals surface area contributed by atoms with Gasteiger partial charge in [-0.3, -0.25) is 9.36 Å². The molecule has 1 atom stereocenters. The maximum atomic E-state index is 10.4. The van der Waals surface area contributed by atoms with Gasteiger partial charge in [-0.25, -0.2) is 0 Å². The molecular weight excluding hydrogens is 284 g/mol. The Morgan fingerprint density at radius 1 is 1.47 bits per heavy atom. The topological polar surface area (TPSA) is 55.9 Å². The van der Waals surface area contributed by atoms with Gasteiger partial charge >= 0.3 is 0 Å². The number of hydrogen-bond acceptors (Lipinski definition) is 3. The van der Waals surface area contributed by atoms with E-state index in [4.69, 9.17) is 0 Å². The smallest absolute Gasteiger partial charge is 0.138 e. The first-order valence-electron chi connectivity index (χ1n) is 5.52.